The number of thiazole rings is 2. The van der Waals surface area contributed by atoms with Crippen LogP contribution in [0.2, 0.25) is 0 Å². The number of alkyl carbamates (subject to hydrolysis) is 1. The Morgan fingerprint density at radius 1 is 0.962 bits per heavy atom. The highest BCUT2D eigenvalue weighted by Gasteiger charge is 2.43. The van der Waals surface area contributed by atoms with Crippen LogP contribution in [0.1, 0.15) is 72.2 Å². The number of rotatable bonds is 18. The van der Waals surface area contributed by atoms with Gasteiger partial charge in [-0.15, -0.1) is 22.7 Å². The van der Waals surface area contributed by atoms with E-state index in [9.17, 15) is 14.7 Å². The summed E-state index contributed by atoms with van der Waals surface area (Å²) in [6.07, 6.45) is 3.74. The molecular weight excluding hydrogens is 695 g/mol. The molecule has 0 bridgehead atoms. The molecule has 4 N–H and O–H groups in total. The number of carbonyl (C=O) groups is 2. The lowest BCUT2D eigenvalue weighted by Gasteiger charge is -2.43. The van der Waals surface area contributed by atoms with Gasteiger partial charge in [0.2, 0.25) is 5.91 Å². The van der Waals surface area contributed by atoms with Gasteiger partial charge in [0.25, 0.3) is 0 Å². The quantitative estimate of drug-likeness (QED) is 0.0971. The molecule has 3 heterocycles. The van der Waals surface area contributed by atoms with Gasteiger partial charge in [-0.05, 0) is 63.7 Å². The van der Waals surface area contributed by atoms with Crippen LogP contribution in [0.5, 0.6) is 0 Å². The summed E-state index contributed by atoms with van der Waals surface area (Å²) in [6.45, 7) is 6.29. The molecule has 52 heavy (non-hydrogen) atoms. The van der Waals surface area contributed by atoms with Crippen molar-refractivity contribution in [3.8, 4) is 0 Å². The van der Waals surface area contributed by atoms with Crippen LogP contribution in [0, 0.1) is 0 Å². The van der Waals surface area contributed by atoms with E-state index in [0.29, 0.717) is 51.0 Å². The lowest BCUT2D eigenvalue weighted by atomic mass is 9.85. The van der Waals surface area contributed by atoms with Crippen LogP contribution in [0.15, 0.2) is 77.8 Å². The zero-order valence-electron chi connectivity index (χ0n) is 30.7. The maximum Gasteiger partial charge on any atom is 0.407 e. The molecule has 13 heteroatoms. The number of aromatic nitrogens is 2. The van der Waals surface area contributed by atoms with E-state index in [1.165, 1.54) is 11.3 Å². The third-order valence-electron chi connectivity index (χ3n) is 9.57. The number of ether oxygens (including phenoxy) is 1. The van der Waals surface area contributed by atoms with E-state index in [2.05, 4.69) is 71.0 Å². The summed E-state index contributed by atoms with van der Waals surface area (Å²) in [5.41, 5.74) is 3.85. The first-order valence-electron chi connectivity index (χ1n) is 18.1. The minimum Gasteiger partial charge on any atom is -0.444 e. The van der Waals surface area contributed by atoms with E-state index in [1.54, 1.807) is 27.9 Å². The number of benzene rings is 2. The first-order chi connectivity index (χ1) is 25.1. The molecule has 1 fully saturated rings. The second-order valence-electron chi connectivity index (χ2n) is 14.2. The van der Waals surface area contributed by atoms with Crippen molar-refractivity contribution in [1.29, 1.82) is 0 Å². The predicted molar refractivity (Wildman–Crippen MR) is 207 cm³/mol. The molecule has 3 unspecified atom stereocenters. The summed E-state index contributed by atoms with van der Waals surface area (Å²) in [4.78, 5) is 41.1. The molecule has 11 nitrogen and oxygen atoms in total. The van der Waals surface area contributed by atoms with Crippen molar-refractivity contribution in [1.82, 2.24) is 35.7 Å². The van der Waals surface area contributed by atoms with Crippen LogP contribution in [0.25, 0.3) is 0 Å². The molecule has 3 atom stereocenters. The van der Waals surface area contributed by atoms with Crippen molar-refractivity contribution in [3.63, 3.8) is 0 Å². The number of nitrogens with zero attached hydrogens (tertiary/aromatic N) is 4. The van der Waals surface area contributed by atoms with Gasteiger partial charge in [-0.1, -0.05) is 74.5 Å². The van der Waals surface area contributed by atoms with E-state index < -0.39 is 18.0 Å². The largest absolute Gasteiger partial charge is 0.444 e. The number of hydrogen-bond acceptors (Lipinski definition) is 11. The van der Waals surface area contributed by atoms with Crippen LogP contribution in [-0.2, 0) is 35.5 Å². The molecule has 0 spiro atoms. The zero-order chi connectivity index (χ0) is 36.9. The highest BCUT2D eigenvalue weighted by molar-refractivity contribution is 7.09. The van der Waals surface area contributed by atoms with Crippen molar-refractivity contribution >= 4 is 34.7 Å². The Balaban J connectivity index is 1.29. The Labute approximate surface area is 315 Å². The van der Waals surface area contributed by atoms with Gasteiger partial charge < -0.3 is 25.4 Å². The fourth-order valence-corrected chi connectivity index (χ4v) is 7.76. The fraction of sp³-hybridized carbons (Fsp3) is 0.487. The maximum absolute atomic E-state index is 14.5. The second kappa shape index (κ2) is 19.4. The van der Waals surface area contributed by atoms with Gasteiger partial charge in [0.05, 0.1) is 21.1 Å². The van der Waals surface area contributed by atoms with Gasteiger partial charge in [0.1, 0.15) is 12.1 Å². The summed E-state index contributed by atoms with van der Waals surface area (Å²) in [7, 11) is 3.90. The summed E-state index contributed by atoms with van der Waals surface area (Å²) in [5.74, 6) is 0.218. The summed E-state index contributed by atoms with van der Waals surface area (Å²) in [5, 5.41) is 24.4. The monoisotopic (exact) mass is 747 g/mol. The lowest BCUT2D eigenvalue weighted by Crippen LogP contribution is -2.67. The highest BCUT2D eigenvalue weighted by atomic mass is 32.1. The average Bonchev–Trinajstić information content (AvgIpc) is 3.84. The smallest absolute Gasteiger partial charge is 0.407 e. The zero-order valence-corrected chi connectivity index (χ0v) is 32.3. The third-order valence-corrected chi connectivity index (χ3v) is 11.5. The minimum absolute atomic E-state index is 0.124. The van der Waals surface area contributed by atoms with Crippen molar-refractivity contribution in [2.75, 3.05) is 27.2 Å². The normalized spacial score (nSPS) is 16.4. The Hall–Kier alpha value is -3.72. The number of aliphatic hydroxyl groups is 1. The van der Waals surface area contributed by atoms with E-state index in [-0.39, 0.29) is 24.6 Å². The number of nitrogens with one attached hydrogen (secondary N) is 3. The molecule has 2 amide bonds. The van der Waals surface area contributed by atoms with Gasteiger partial charge in [0, 0.05) is 49.2 Å². The molecule has 4 aromatic rings. The number of likely N-dealkylation sites (tertiary alicyclic amines) is 1. The van der Waals surface area contributed by atoms with Crippen LogP contribution in [0.3, 0.4) is 0 Å². The van der Waals surface area contributed by atoms with Crippen molar-refractivity contribution in [3.05, 3.63) is 104 Å². The molecule has 5 rings (SSSR count). The Morgan fingerprint density at radius 2 is 1.58 bits per heavy atom. The molecular formula is C39H53N7O4S2. The van der Waals surface area contributed by atoms with Crippen LogP contribution in [-0.4, -0.2) is 88.0 Å². The molecule has 1 aliphatic rings. The second-order valence-corrected chi connectivity index (χ2v) is 16.0. The third kappa shape index (κ3) is 11.9. The van der Waals surface area contributed by atoms with Crippen LogP contribution < -0.4 is 16.0 Å². The fourth-order valence-electron chi connectivity index (χ4n) is 6.43. The highest BCUT2D eigenvalue weighted by Crippen LogP contribution is 2.25. The number of amides is 2. The average molecular weight is 748 g/mol. The number of carbonyl (C=O) groups excluding carboxylic acids is 2. The van der Waals surface area contributed by atoms with E-state index in [0.717, 1.165) is 39.8 Å². The SMILES string of the molecule is CC(C)c1nc(CN(C)C(O)NC2(C(=O)NC(CCC(Cc3ccccc3)NC(=O)OCc3cncs3)Cc3ccccc3)CCN(C)CC2)cs1. The minimum atomic E-state index is -1.05. The van der Waals surface area contributed by atoms with E-state index >= 15 is 0 Å². The predicted octanol–water partition coefficient (Wildman–Crippen LogP) is 5.53. The van der Waals surface area contributed by atoms with E-state index in [1.807, 2.05) is 48.8 Å². The summed E-state index contributed by atoms with van der Waals surface area (Å²) < 4.78 is 5.54. The van der Waals surface area contributed by atoms with Crippen LogP contribution >= 0.6 is 22.7 Å². The molecule has 2 aromatic carbocycles. The first kappa shape index (κ1) is 39.5. The number of piperidine rings is 1. The van der Waals surface area contributed by atoms with Gasteiger partial charge in [-0.25, -0.2) is 9.78 Å². The Kier molecular flexibility index (Phi) is 14.7. The molecule has 280 valence electrons. The van der Waals surface area contributed by atoms with E-state index in [4.69, 9.17) is 9.72 Å². The van der Waals surface area contributed by atoms with Crippen LogP contribution in [0.4, 0.5) is 4.79 Å². The molecule has 1 aliphatic heterocycles. The Morgan fingerprint density at radius 3 is 2.13 bits per heavy atom. The maximum atomic E-state index is 14.5. The van der Waals surface area contributed by atoms with Crippen molar-refractivity contribution < 1.29 is 19.4 Å². The molecule has 0 radical (unpaired) electrons. The topological polar surface area (TPSA) is 132 Å². The van der Waals surface area contributed by atoms with Gasteiger partial charge >= 0.3 is 6.09 Å². The van der Waals surface area contributed by atoms with Crippen molar-refractivity contribution in [2.45, 2.75) is 95.4 Å². The number of aliphatic hydroxyl groups excluding tert-OH is 1. The molecule has 0 aliphatic carbocycles. The molecule has 0 saturated carbocycles. The van der Waals surface area contributed by atoms with Gasteiger partial charge in [-0.2, -0.15) is 0 Å². The summed E-state index contributed by atoms with van der Waals surface area (Å²) in [6, 6.07) is 19.8. The van der Waals surface area contributed by atoms with Crippen molar-refractivity contribution in [2.24, 2.45) is 0 Å². The van der Waals surface area contributed by atoms with Gasteiger partial charge in [0.15, 0.2) is 6.35 Å². The Bertz CT molecular complexity index is 1650. The van der Waals surface area contributed by atoms with Gasteiger partial charge in [-0.3, -0.25) is 20.0 Å². The number of hydrogen-bond donors (Lipinski definition) is 4. The molecule has 2 aromatic heterocycles. The molecule has 1 saturated heterocycles. The lowest BCUT2D eigenvalue weighted by molar-refractivity contribution is -0.135. The standard InChI is InChI=1S/C39H53N7O4S2/c1-28(2)35-41-33(26-51-35)24-46(4)37(48)44-39(17-19-45(3)20-18-39)36(47)42-31(21-29-11-7-5-8-12-29)15-16-32(22-30-13-9-6-10-14-30)43-38(49)50-25-34-23-40-27-52-34/h5-14,23,26-28,31-32,37,44,48H,15-22,24-25H2,1-4H3,(H,42,47)(H,43,49). The summed E-state index contributed by atoms with van der Waals surface area (Å²) >= 11 is 3.07. The first-order valence-corrected chi connectivity index (χ1v) is 19.8.